The Morgan fingerprint density at radius 2 is 0.661 bits per heavy atom. The van der Waals surface area contributed by atoms with Gasteiger partial charge in [0.05, 0.1) is 22.1 Å². The van der Waals surface area contributed by atoms with Crippen molar-refractivity contribution in [2.45, 2.75) is 0 Å². The Labute approximate surface area is 358 Å². The fourth-order valence-electron chi connectivity index (χ4n) is 9.04. The number of rotatable bonds is 7. The molecule has 0 amide bonds. The summed E-state index contributed by atoms with van der Waals surface area (Å²) in [6.07, 6.45) is 0. The van der Waals surface area contributed by atoms with Crippen LogP contribution in [0.25, 0.3) is 111 Å². The minimum Gasteiger partial charge on any atom is -0.309 e. The molecular formula is C57H37N5. The summed E-state index contributed by atoms with van der Waals surface area (Å²) in [7, 11) is 0. The lowest BCUT2D eigenvalue weighted by Gasteiger charge is -2.13. The Morgan fingerprint density at radius 3 is 1.23 bits per heavy atom. The first-order chi connectivity index (χ1) is 30.7. The van der Waals surface area contributed by atoms with Crippen molar-refractivity contribution in [2.75, 3.05) is 0 Å². The van der Waals surface area contributed by atoms with Gasteiger partial charge in [-0.2, -0.15) is 9.97 Å². The predicted molar refractivity (Wildman–Crippen MR) is 256 cm³/mol. The fourth-order valence-corrected chi connectivity index (χ4v) is 9.04. The van der Waals surface area contributed by atoms with Gasteiger partial charge in [-0.3, -0.25) is 4.57 Å². The highest BCUT2D eigenvalue weighted by molar-refractivity contribution is 6.19. The summed E-state index contributed by atoms with van der Waals surface area (Å²) in [4.78, 5) is 15.9. The van der Waals surface area contributed by atoms with Crippen molar-refractivity contribution in [2.24, 2.45) is 0 Å². The van der Waals surface area contributed by atoms with Crippen LogP contribution in [0.1, 0.15) is 0 Å². The van der Waals surface area contributed by atoms with E-state index < -0.39 is 0 Å². The van der Waals surface area contributed by atoms with Crippen molar-refractivity contribution in [3.05, 3.63) is 224 Å². The van der Waals surface area contributed by atoms with Gasteiger partial charge < -0.3 is 4.57 Å². The standard InChI is InChI=1S/C57H37N5/c1-5-18-38(19-6-1)42-26-17-27-46(35-42)61-51-30-15-13-28-47(51)49-37-54-50(36-53(49)61)48-29-14-16-31-52(48)62(54)57-59-55(41-24-11-4-12-25-41)58-56(60-57)45-33-43(39-20-7-2-8-21-39)32-44(34-45)40-22-9-3-10-23-40/h1-37H. The molecule has 0 N–H and O–H groups in total. The van der Waals surface area contributed by atoms with Crippen LogP contribution in [0, 0.1) is 0 Å². The maximum atomic E-state index is 5.41. The Balaban J connectivity index is 1.12. The van der Waals surface area contributed by atoms with Gasteiger partial charge in [-0.05, 0) is 88.0 Å². The lowest BCUT2D eigenvalue weighted by Crippen LogP contribution is -2.06. The van der Waals surface area contributed by atoms with E-state index in [1.165, 1.54) is 16.5 Å². The molecule has 0 fully saturated rings. The normalized spacial score (nSPS) is 11.5. The molecule has 290 valence electrons. The monoisotopic (exact) mass is 791 g/mol. The molecule has 0 aliphatic heterocycles. The maximum Gasteiger partial charge on any atom is 0.238 e. The molecular weight excluding hydrogens is 755 g/mol. The van der Waals surface area contributed by atoms with Gasteiger partial charge in [-0.25, -0.2) is 4.98 Å². The van der Waals surface area contributed by atoms with Gasteiger partial charge in [0.2, 0.25) is 5.95 Å². The molecule has 0 unspecified atom stereocenters. The van der Waals surface area contributed by atoms with Crippen LogP contribution in [-0.2, 0) is 0 Å². The lowest BCUT2D eigenvalue weighted by atomic mass is 9.96. The van der Waals surface area contributed by atoms with E-state index in [4.69, 9.17) is 15.0 Å². The van der Waals surface area contributed by atoms with Gasteiger partial charge in [0, 0.05) is 38.4 Å². The molecule has 0 aliphatic rings. The van der Waals surface area contributed by atoms with Gasteiger partial charge in [0.15, 0.2) is 11.6 Å². The molecule has 0 radical (unpaired) electrons. The van der Waals surface area contributed by atoms with Crippen molar-refractivity contribution in [1.29, 1.82) is 0 Å². The first-order valence-corrected chi connectivity index (χ1v) is 20.9. The molecule has 0 atom stereocenters. The summed E-state index contributed by atoms with van der Waals surface area (Å²) in [5.41, 5.74) is 14.1. The summed E-state index contributed by atoms with van der Waals surface area (Å²) in [6, 6.07) is 79.3. The highest BCUT2D eigenvalue weighted by Gasteiger charge is 2.22. The summed E-state index contributed by atoms with van der Waals surface area (Å²) in [5.74, 6) is 1.77. The van der Waals surface area contributed by atoms with Gasteiger partial charge >= 0.3 is 0 Å². The van der Waals surface area contributed by atoms with Crippen molar-refractivity contribution in [1.82, 2.24) is 24.1 Å². The SMILES string of the molecule is c1ccc(-c2cc(-c3ccccc3)cc(-c3nc(-c4ccccc4)nc(-n4c5ccccc5c5cc6c(cc54)c4ccccc4n6-c4cccc(-c5ccccc5)c4)n3)c2)cc1. The van der Waals surface area contributed by atoms with E-state index in [9.17, 15) is 0 Å². The van der Waals surface area contributed by atoms with Crippen LogP contribution >= 0.6 is 0 Å². The van der Waals surface area contributed by atoms with Crippen molar-refractivity contribution in [3.63, 3.8) is 0 Å². The van der Waals surface area contributed by atoms with E-state index in [-0.39, 0.29) is 0 Å². The molecule has 0 spiro atoms. The van der Waals surface area contributed by atoms with Gasteiger partial charge in [0.1, 0.15) is 0 Å². The van der Waals surface area contributed by atoms with Crippen LogP contribution in [-0.4, -0.2) is 24.1 Å². The maximum absolute atomic E-state index is 5.41. The summed E-state index contributed by atoms with van der Waals surface area (Å²) < 4.78 is 4.63. The minimum atomic E-state index is 0.560. The number of para-hydroxylation sites is 2. The number of nitrogens with zero attached hydrogens (tertiary/aromatic N) is 5. The number of aromatic nitrogens is 5. The van der Waals surface area contributed by atoms with Crippen LogP contribution < -0.4 is 0 Å². The largest absolute Gasteiger partial charge is 0.309 e. The van der Waals surface area contributed by atoms with Crippen LogP contribution in [0.15, 0.2) is 224 Å². The van der Waals surface area contributed by atoms with Crippen molar-refractivity contribution in [3.8, 4) is 67.8 Å². The predicted octanol–water partition coefficient (Wildman–Crippen LogP) is 14.4. The molecule has 9 aromatic carbocycles. The van der Waals surface area contributed by atoms with Crippen LogP contribution in [0.4, 0.5) is 0 Å². The highest BCUT2D eigenvalue weighted by Crippen LogP contribution is 2.40. The Hall–Kier alpha value is -8.41. The molecule has 12 aromatic rings. The average Bonchev–Trinajstić information content (AvgIpc) is 3.86. The molecule has 0 saturated carbocycles. The smallest absolute Gasteiger partial charge is 0.238 e. The van der Waals surface area contributed by atoms with Crippen molar-refractivity contribution >= 4 is 43.6 Å². The molecule has 12 rings (SSSR count). The Bertz CT molecular complexity index is 3550. The molecule has 5 heteroatoms. The molecule has 0 bridgehead atoms. The van der Waals surface area contributed by atoms with Crippen molar-refractivity contribution < 1.29 is 0 Å². The molecule has 3 heterocycles. The third-order valence-electron chi connectivity index (χ3n) is 11.9. The second-order valence-corrected chi connectivity index (χ2v) is 15.7. The van der Waals surface area contributed by atoms with E-state index in [2.05, 4.69) is 215 Å². The molecule has 5 nitrogen and oxygen atoms in total. The molecule has 0 saturated heterocycles. The first kappa shape index (κ1) is 35.5. The van der Waals surface area contributed by atoms with Crippen LogP contribution in [0.5, 0.6) is 0 Å². The van der Waals surface area contributed by atoms with Crippen LogP contribution in [0.2, 0.25) is 0 Å². The van der Waals surface area contributed by atoms with E-state index in [1.807, 2.05) is 18.2 Å². The number of benzene rings is 9. The first-order valence-electron chi connectivity index (χ1n) is 20.9. The van der Waals surface area contributed by atoms with E-state index >= 15 is 0 Å². The quantitative estimate of drug-likeness (QED) is 0.162. The minimum absolute atomic E-state index is 0.560. The molecule has 62 heavy (non-hydrogen) atoms. The second-order valence-electron chi connectivity index (χ2n) is 15.7. The summed E-state index contributed by atoms with van der Waals surface area (Å²) >= 11 is 0. The number of fused-ring (bicyclic) bond motifs is 6. The van der Waals surface area contributed by atoms with E-state index in [0.29, 0.717) is 17.6 Å². The molecule has 0 aliphatic carbocycles. The summed E-state index contributed by atoms with van der Waals surface area (Å²) in [6.45, 7) is 0. The Kier molecular flexibility index (Phi) is 8.42. The second kappa shape index (κ2) is 14.7. The van der Waals surface area contributed by atoms with Gasteiger partial charge in [-0.15, -0.1) is 0 Å². The number of hydrogen-bond donors (Lipinski definition) is 0. The Morgan fingerprint density at radius 1 is 0.242 bits per heavy atom. The van der Waals surface area contributed by atoms with Gasteiger partial charge in [0.25, 0.3) is 0 Å². The summed E-state index contributed by atoms with van der Waals surface area (Å²) in [5, 5.41) is 4.58. The highest BCUT2D eigenvalue weighted by atomic mass is 15.2. The third kappa shape index (κ3) is 6.06. The van der Waals surface area contributed by atoms with E-state index in [0.717, 1.165) is 77.3 Å². The average molecular weight is 792 g/mol. The van der Waals surface area contributed by atoms with E-state index in [1.54, 1.807) is 0 Å². The lowest BCUT2D eigenvalue weighted by molar-refractivity contribution is 0.954. The molecule has 3 aromatic heterocycles. The van der Waals surface area contributed by atoms with Gasteiger partial charge in [-0.1, -0.05) is 170 Å². The zero-order chi connectivity index (χ0) is 41.0. The zero-order valence-corrected chi connectivity index (χ0v) is 33.6. The zero-order valence-electron chi connectivity index (χ0n) is 33.6. The van der Waals surface area contributed by atoms with Crippen LogP contribution in [0.3, 0.4) is 0 Å². The third-order valence-corrected chi connectivity index (χ3v) is 11.9. The fraction of sp³-hybridized carbons (Fsp3) is 0. The topological polar surface area (TPSA) is 48.5 Å². The number of hydrogen-bond acceptors (Lipinski definition) is 3.